The van der Waals surface area contributed by atoms with E-state index < -0.39 is 0 Å². The largest absolute Gasteiger partial charge is 0.441 e. The van der Waals surface area contributed by atoms with Gasteiger partial charge in [-0.2, -0.15) is 0 Å². The lowest BCUT2D eigenvalue weighted by Gasteiger charge is -2.19. The Morgan fingerprint density at radius 2 is 1.82 bits per heavy atom. The third kappa shape index (κ3) is 5.05. The molecule has 0 amide bonds. The predicted molar refractivity (Wildman–Crippen MR) is 156 cm³/mol. The third-order valence-corrected chi connectivity index (χ3v) is 8.53. The maximum absolute atomic E-state index is 5.88. The average Bonchev–Trinajstić information content (AvgIpc) is 3.37. The fraction of sp³-hybridized carbons (Fsp3) is 0.379. The highest BCUT2D eigenvalue weighted by Crippen LogP contribution is 2.30. The summed E-state index contributed by atoms with van der Waals surface area (Å²) in [5.41, 5.74) is 9.18. The van der Waals surface area contributed by atoms with Gasteiger partial charge in [0.25, 0.3) is 0 Å². The quantitative estimate of drug-likeness (QED) is 0.187. The van der Waals surface area contributed by atoms with E-state index in [2.05, 4.69) is 73.9 Å². The molecular weight excluding hydrogens is 516 g/mol. The van der Waals surface area contributed by atoms with E-state index in [9.17, 15) is 0 Å². The summed E-state index contributed by atoms with van der Waals surface area (Å²) < 4.78 is 7.98. The zero-order chi connectivity index (χ0) is 25.5. The fourth-order valence-electron chi connectivity index (χ4n) is 5.47. The van der Waals surface area contributed by atoms with Crippen LogP contribution in [0.5, 0.6) is 0 Å². The van der Waals surface area contributed by atoms with Crippen LogP contribution in [0, 0.1) is 20.8 Å². The van der Waals surface area contributed by atoms with Gasteiger partial charge in [0.05, 0.1) is 5.52 Å². The number of benzene rings is 2. The van der Waals surface area contributed by atoms with Crippen molar-refractivity contribution in [2.75, 3.05) is 25.4 Å². The molecule has 0 bridgehead atoms. The summed E-state index contributed by atoms with van der Waals surface area (Å²) in [5, 5.41) is 11.1. The highest BCUT2D eigenvalue weighted by atomic mass is 35.5. The van der Waals surface area contributed by atoms with Crippen molar-refractivity contribution in [3.8, 4) is 11.4 Å². The number of aromatic nitrogens is 5. The van der Waals surface area contributed by atoms with Gasteiger partial charge in [0.1, 0.15) is 5.52 Å². The summed E-state index contributed by atoms with van der Waals surface area (Å²) in [5.74, 6) is 2.65. The van der Waals surface area contributed by atoms with Crippen LogP contribution >= 0.6 is 24.2 Å². The first-order chi connectivity index (χ1) is 18.0. The molecule has 0 unspecified atom stereocenters. The van der Waals surface area contributed by atoms with Crippen molar-refractivity contribution in [1.82, 2.24) is 29.6 Å². The monoisotopic (exact) mass is 548 g/mol. The Hall–Kier alpha value is -2.94. The number of halogens is 1. The van der Waals surface area contributed by atoms with E-state index in [4.69, 9.17) is 4.42 Å². The molecule has 2 aromatic carbocycles. The molecule has 3 aromatic heterocycles. The molecule has 5 aromatic rings. The van der Waals surface area contributed by atoms with Crippen LogP contribution in [-0.4, -0.2) is 55.0 Å². The molecule has 4 heterocycles. The van der Waals surface area contributed by atoms with Crippen molar-refractivity contribution in [3.63, 3.8) is 0 Å². The van der Waals surface area contributed by atoms with Crippen molar-refractivity contribution in [2.45, 2.75) is 45.2 Å². The zero-order valence-corrected chi connectivity index (χ0v) is 24.0. The van der Waals surface area contributed by atoms with Crippen molar-refractivity contribution in [1.29, 1.82) is 0 Å². The molecule has 0 N–H and O–H groups in total. The SMILES string of the molecule is Cc1ccc2c(-c3nnc(SCCCN4CCc5cc6nc(C)oc6c(C)c5CC4)n3C)cccc2n1.Cl. The molecular formula is C29H33ClN6OS. The van der Waals surface area contributed by atoms with Gasteiger partial charge in [0.15, 0.2) is 22.5 Å². The molecule has 0 radical (unpaired) electrons. The van der Waals surface area contributed by atoms with Crippen molar-refractivity contribution in [3.05, 3.63) is 64.7 Å². The molecule has 0 fully saturated rings. The summed E-state index contributed by atoms with van der Waals surface area (Å²) >= 11 is 1.78. The molecule has 1 aliphatic heterocycles. The van der Waals surface area contributed by atoms with E-state index in [0.29, 0.717) is 0 Å². The standard InChI is InChI=1S/C29H32N6OS.ClH/c1-18-9-10-23-24(7-5-8-25(23)30-18)28-32-33-29(34(28)4)37-16-6-13-35-14-11-21-17-26-27(36-20(3)31-26)19(2)22(21)12-15-35;/h5,7-10,17H,6,11-16H2,1-4H3;1H. The Morgan fingerprint density at radius 1 is 0.974 bits per heavy atom. The molecule has 0 atom stereocenters. The highest BCUT2D eigenvalue weighted by molar-refractivity contribution is 7.99. The number of fused-ring (bicyclic) bond motifs is 3. The number of hydrogen-bond donors (Lipinski definition) is 0. The van der Waals surface area contributed by atoms with Crippen LogP contribution in [0.1, 0.15) is 34.7 Å². The Labute approximate surface area is 233 Å². The van der Waals surface area contributed by atoms with Crippen molar-refractivity contribution in [2.24, 2.45) is 7.05 Å². The molecule has 198 valence electrons. The number of oxazole rings is 1. The zero-order valence-electron chi connectivity index (χ0n) is 22.3. The lowest BCUT2D eigenvalue weighted by molar-refractivity contribution is 0.289. The Bertz CT molecular complexity index is 1610. The summed E-state index contributed by atoms with van der Waals surface area (Å²) in [6, 6.07) is 12.6. The van der Waals surface area contributed by atoms with Crippen LogP contribution in [0.3, 0.4) is 0 Å². The number of nitrogens with zero attached hydrogens (tertiary/aromatic N) is 6. The van der Waals surface area contributed by atoms with Gasteiger partial charge in [-0.3, -0.25) is 4.98 Å². The molecule has 0 saturated carbocycles. The van der Waals surface area contributed by atoms with Gasteiger partial charge in [0.2, 0.25) is 0 Å². The van der Waals surface area contributed by atoms with Crippen molar-refractivity contribution < 1.29 is 4.42 Å². The summed E-state index contributed by atoms with van der Waals surface area (Å²) in [6.45, 7) is 9.39. The Kier molecular flexibility index (Phi) is 7.75. The second-order valence-electron chi connectivity index (χ2n) is 9.95. The Morgan fingerprint density at radius 3 is 2.68 bits per heavy atom. The smallest absolute Gasteiger partial charge is 0.192 e. The maximum Gasteiger partial charge on any atom is 0.192 e. The number of aryl methyl sites for hydroxylation is 3. The van der Waals surface area contributed by atoms with E-state index >= 15 is 0 Å². The summed E-state index contributed by atoms with van der Waals surface area (Å²) in [7, 11) is 2.05. The molecule has 0 aliphatic carbocycles. The van der Waals surface area contributed by atoms with E-state index in [0.717, 1.165) is 94.8 Å². The molecule has 0 saturated heterocycles. The molecule has 9 heteroatoms. The summed E-state index contributed by atoms with van der Waals surface area (Å²) in [6.07, 6.45) is 3.25. The second-order valence-corrected chi connectivity index (χ2v) is 11.0. The molecule has 6 rings (SSSR count). The lowest BCUT2D eigenvalue weighted by atomic mass is 9.97. The number of thioether (sulfide) groups is 1. The summed E-state index contributed by atoms with van der Waals surface area (Å²) in [4.78, 5) is 11.8. The second kappa shape index (κ2) is 11.0. The van der Waals surface area contributed by atoms with Gasteiger partial charge >= 0.3 is 0 Å². The van der Waals surface area contributed by atoms with Gasteiger partial charge in [-0.25, -0.2) is 4.98 Å². The van der Waals surface area contributed by atoms with Gasteiger partial charge < -0.3 is 13.9 Å². The number of hydrogen-bond acceptors (Lipinski definition) is 7. The van der Waals surface area contributed by atoms with E-state index in [-0.39, 0.29) is 12.4 Å². The van der Waals surface area contributed by atoms with E-state index in [1.165, 1.54) is 16.7 Å². The number of rotatable bonds is 6. The van der Waals surface area contributed by atoms with Crippen LogP contribution in [0.15, 0.2) is 46.0 Å². The van der Waals surface area contributed by atoms with Gasteiger partial charge in [-0.1, -0.05) is 30.0 Å². The first kappa shape index (κ1) is 26.7. The minimum absolute atomic E-state index is 0. The molecule has 7 nitrogen and oxygen atoms in total. The van der Waals surface area contributed by atoms with Gasteiger partial charge in [-0.15, -0.1) is 22.6 Å². The Balaban J connectivity index is 0.00000294. The van der Waals surface area contributed by atoms with Gasteiger partial charge in [-0.05, 0) is 74.5 Å². The van der Waals surface area contributed by atoms with E-state index in [1.807, 2.05) is 19.9 Å². The van der Waals surface area contributed by atoms with Crippen LogP contribution in [0.2, 0.25) is 0 Å². The molecule has 1 aliphatic rings. The average molecular weight is 549 g/mol. The highest BCUT2D eigenvalue weighted by Gasteiger charge is 2.20. The first-order valence-electron chi connectivity index (χ1n) is 13.0. The van der Waals surface area contributed by atoms with Crippen LogP contribution in [0.4, 0.5) is 0 Å². The molecule has 38 heavy (non-hydrogen) atoms. The minimum atomic E-state index is 0. The fourth-order valence-corrected chi connectivity index (χ4v) is 6.31. The van der Waals surface area contributed by atoms with Gasteiger partial charge in [0, 0.05) is 49.5 Å². The predicted octanol–water partition coefficient (Wildman–Crippen LogP) is 6.10. The van der Waals surface area contributed by atoms with Crippen LogP contribution < -0.4 is 0 Å². The third-order valence-electron chi connectivity index (χ3n) is 7.42. The minimum Gasteiger partial charge on any atom is -0.441 e. The molecule has 0 spiro atoms. The first-order valence-corrected chi connectivity index (χ1v) is 14.0. The normalized spacial score (nSPS) is 14.0. The maximum atomic E-state index is 5.88. The number of pyridine rings is 1. The van der Waals surface area contributed by atoms with E-state index in [1.54, 1.807) is 11.8 Å². The van der Waals surface area contributed by atoms with Crippen LogP contribution in [-0.2, 0) is 19.9 Å². The topological polar surface area (TPSA) is 72.9 Å². The van der Waals surface area contributed by atoms with Crippen LogP contribution in [0.25, 0.3) is 33.4 Å². The van der Waals surface area contributed by atoms with Crippen molar-refractivity contribution >= 4 is 46.2 Å². The lowest BCUT2D eigenvalue weighted by Crippen LogP contribution is -2.27.